The van der Waals surface area contributed by atoms with Gasteiger partial charge in [0.05, 0.1) is 6.61 Å². The van der Waals surface area contributed by atoms with E-state index < -0.39 is 0 Å². The Bertz CT molecular complexity index is 143. The minimum atomic E-state index is -0.348. The molecular weight excluding hydrogens is 154 g/mol. The van der Waals surface area contributed by atoms with Gasteiger partial charge in [0.15, 0.2) is 0 Å². The van der Waals surface area contributed by atoms with E-state index in [-0.39, 0.29) is 5.97 Å². The van der Waals surface area contributed by atoms with Gasteiger partial charge >= 0.3 is 5.97 Å². The van der Waals surface area contributed by atoms with E-state index in [9.17, 15) is 4.79 Å². The highest BCUT2D eigenvalue weighted by Crippen LogP contribution is 1.84. The van der Waals surface area contributed by atoms with Gasteiger partial charge in [-0.25, -0.2) is 4.79 Å². The number of carbonyl (C=O) groups excluding carboxylic acids is 1. The molecule has 0 radical (unpaired) electrons. The highest BCUT2D eigenvalue weighted by molar-refractivity contribution is 5.81. The average molecular weight is 171 g/mol. The third kappa shape index (κ3) is 7.28. The predicted molar refractivity (Wildman–Crippen MR) is 48.9 cm³/mol. The summed E-state index contributed by atoms with van der Waals surface area (Å²) in [6, 6.07) is 0.486. The van der Waals surface area contributed by atoms with Crippen LogP contribution in [-0.4, -0.2) is 25.2 Å². The summed E-state index contributed by atoms with van der Waals surface area (Å²) in [6.07, 6.45) is 2.02. The molecule has 0 amide bonds. The first-order chi connectivity index (χ1) is 5.66. The van der Waals surface area contributed by atoms with Crippen LogP contribution in [0.5, 0.6) is 0 Å². The Morgan fingerprint density at radius 1 is 1.67 bits per heavy atom. The molecule has 0 aliphatic carbocycles. The summed E-state index contributed by atoms with van der Waals surface area (Å²) < 4.78 is 4.78. The van der Waals surface area contributed by atoms with Crippen molar-refractivity contribution in [3.05, 3.63) is 12.7 Å². The van der Waals surface area contributed by atoms with Crippen molar-refractivity contribution in [3.63, 3.8) is 0 Å². The van der Waals surface area contributed by atoms with Crippen LogP contribution in [0.25, 0.3) is 0 Å². The summed E-state index contributed by atoms with van der Waals surface area (Å²) in [5, 5.41) is 3.22. The first-order valence-corrected chi connectivity index (χ1v) is 4.19. The minimum Gasteiger partial charge on any atom is -0.462 e. The number of ether oxygens (including phenoxy) is 1. The van der Waals surface area contributed by atoms with Gasteiger partial charge in [0.1, 0.15) is 0 Å². The van der Waals surface area contributed by atoms with Crippen LogP contribution in [0, 0.1) is 0 Å². The second-order valence-corrected chi connectivity index (χ2v) is 2.83. The summed E-state index contributed by atoms with van der Waals surface area (Å²) >= 11 is 0. The summed E-state index contributed by atoms with van der Waals surface area (Å²) in [7, 11) is 0. The fraction of sp³-hybridized carbons (Fsp3) is 0.667. The van der Waals surface area contributed by atoms with Crippen molar-refractivity contribution >= 4 is 5.97 Å². The second-order valence-electron chi connectivity index (χ2n) is 2.83. The van der Waals surface area contributed by atoms with Gasteiger partial charge in [-0.3, -0.25) is 0 Å². The predicted octanol–water partition coefficient (Wildman–Crippen LogP) is 1.10. The van der Waals surface area contributed by atoms with Gasteiger partial charge in [-0.05, 0) is 13.0 Å². The van der Waals surface area contributed by atoms with E-state index in [1.54, 1.807) is 0 Å². The van der Waals surface area contributed by atoms with Gasteiger partial charge in [0.2, 0.25) is 0 Å². The van der Waals surface area contributed by atoms with Gasteiger partial charge in [0, 0.05) is 12.1 Å². The fourth-order valence-electron chi connectivity index (χ4n) is 0.695. The Hall–Kier alpha value is -0.830. The Kier molecular flexibility index (Phi) is 6.38. The number of hydrogen-bond acceptors (Lipinski definition) is 3. The molecule has 1 N–H and O–H groups in total. The van der Waals surface area contributed by atoms with Gasteiger partial charge in [-0.2, -0.15) is 0 Å². The molecule has 0 rings (SSSR count). The standard InChI is InChI=1S/C9H17NO2/c1-4-9(11)12-7-5-6-10-8(2)3/h4,8,10H,1,5-7H2,2-3H3. The molecule has 0 spiro atoms. The molecular formula is C9H17NO2. The molecule has 12 heavy (non-hydrogen) atoms. The lowest BCUT2D eigenvalue weighted by Crippen LogP contribution is -2.24. The monoisotopic (exact) mass is 171 g/mol. The van der Waals surface area contributed by atoms with Crippen LogP contribution in [0.1, 0.15) is 20.3 Å². The number of carbonyl (C=O) groups is 1. The van der Waals surface area contributed by atoms with E-state index in [0.717, 1.165) is 13.0 Å². The van der Waals surface area contributed by atoms with Crippen molar-refractivity contribution in [2.24, 2.45) is 0 Å². The molecule has 0 aromatic carbocycles. The Morgan fingerprint density at radius 2 is 2.33 bits per heavy atom. The van der Waals surface area contributed by atoms with Crippen molar-refractivity contribution < 1.29 is 9.53 Å². The van der Waals surface area contributed by atoms with Crippen LogP contribution in [0.3, 0.4) is 0 Å². The topological polar surface area (TPSA) is 38.3 Å². The molecule has 0 aromatic rings. The van der Waals surface area contributed by atoms with Crippen molar-refractivity contribution in [1.29, 1.82) is 0 Å². The molecule has 3 heteroatoms. The van der Waals surface area contributed by atoms with E-state index in [2.05, 4.69) is 25.7 Å². The third-order valence-corrected chi connectivity index (χ3v) is 1.28. The largest absolute Gasteiger partial charge is 0.462 e. The second kappa shape index (κ2) is 6.85. The maximum atomic E-state index is 10.5. The lowest BCUT2D eigenvalue weighted by atomic mass is 10.3. The molecule has 0 bridgehead atoms. The quantitative estimate of drug-likeness (QED) is 0.369. The van der Waals surface area contributed by atoms with Crippen LogP contribution in [0.15, 0.2) is 12.7 Å². The third-order valence-electron chi connectivity index (χ3n) is 1.28. The number of nitrogens with one attached hydrogen (secondary N) is 1. The van der Waals surface area contributed by atoms with E-state index in [0.29, 0.717) is 12.6 Å². The summed E-state index contributed by atoms with van der Waals surface area (Å²) in [6.45, 7) is 8.80. The van der Waals surface area contributed by atoms with Crippen LogP contribution < -0.4 is 5.32 Å². The van der Waals surface area contributed by atoms with Gasteiger partial charge < -0.3 is 10.1 Å². The van der Waals surface area contributed by atoms with E-state index >= 15 is 0 Å². The van der Waals surface area contributed by atoms with Crippen LogP contribution >= 0.6 is 0 Å². The minimum absolute atomic E-state index is 0.348. The first-order valence-electron chi connectivity index (χ1n) is 4.19. The number of hydrogen-bond donors (Lipinski definition) is 1. The van der Waals surface area contributed by atoms with Gasteiger partial charge in [0.25, 0.3) is 0 Å². The molecule has 0 aromatic heterocycles. The van der Waals surface area contributed by atoms with E-state index in [1.165, 1.54) is 6.08 Å². The fourth-order valence-corrected chi connectivity index (χ4v) is 0.695. The normalized spacial score (nSPS) is 9.92. The Labute approximate surface area is 73.8 Å². The van der Waals surface area contributed by atoms with Gasteiger partial charge in [-0.1, -0.05) is 20.4 Å². The zero-order valence-corrected chi connectivity index (χ0v) is 7.80. The van der Waals surface area contributed by atoms with Crippen LogP contribution in [0.4, 0.5) is 0 Å². The lowest BCUT2D eigenvalue weighted by Gasteiger charge is -2.07. The smallest absolute Gasteiger partial charge is 0.330 e. The molecule has 0 atom stereocenters. The first kappa shape index (κ1) is 11.2. The molecule has 0 saturated heterocycles. The summed E-state index contributed by atoms with van der Waals surface area (Å²) in [5.74, 6) is -0.348. The maximum Gasteiger partial charge on any atom is 0.330 e. The van der Waals surface area contributed by atoms with Crippen molar-refractivity contribution in [2.75, 3.05) is 13.2 Å². The van der Waals surface area contributed by atoms with Crippen molar-refractivity contribution in [3.8, 4) is 0 Å². The van der Waals surface area contributed by atoms with Crippen LogP contribution in [0.2, 0.25) is 0 Å². The molecule has 0 unspecified atom stereocenters. The zero-order chi connectivity index (χ0) is 9.40. The SMILES string of the molecule is C=CC(=O)OCCCNC(C)C. The number of esters is 1. The Balaban J connectivity index is 3.11. The zero-order valence-electron chi connectivity index (χ0n) is 7.80. The van der Waals surface area contributed by atoms with Crippen molar-refractivity contribution in [1.82, 2.24) is 5.32 Å². The molecule has 70 valence electrons. The average Bonchev–Trinajstić information content (AvgIpc) is 2.03. The highest BCUT2D eigenvalue weighted by Gasteiger charge is 1.95. The van der Waals surface area contributed by atoms with E-state index in [4.69, 9.17) is 4.74 Å². The molecule has 0 aliphatic heterocycles. The van der Waals surface area contributed by atoms with Crippen molar-refractivity contribution in [2.45, 2.75) is 26.3 Å². The molecule has 0 aliphatic rings. The summed E-state index contributed by atoms with van der Waals surface area (Å²) in [5.41, 5.74) is 0. The van der Waals surface area contributed by atoms with E-state index in [1.807, 2.05) is 0 Å². The maximum absolute atomic E-state index is 10.5. The highest BCUT2D eigenvalue weighted by atomic mass is 16.5. The number of rotatable bonds is 6. The molecule has 0 heterocycles. The molecule has 0 saturated carbocycles. The van der Waals surface area contributed by atoms with Crippen LogP contribution in [-0.2, 0) is 9.53 Å². The van der Waals surface area contributed by atoms with Gasteiger partial charge in [-0.15, -0.1) is 0 Å². The molecule has 0 fully saturated rings. The Morgan fingerprint density at radius 3 is 2.83 bits per heavy atom. The molecule has 3 nitrogen and oxygen atoms in total. The summed E-state index contributed by atoms with van der Waals surface area (Å²) in [4.78, 5) is 10.5. The lowest BCUT2D eigenvalue weighted by molar-refractivity contribution is -0.137.